The van der Waals surface area contributed by atoms with E-state index in [1.807, 2.05) is 30.8 Å². The molecule has 0 saturated heterocycles. The quantitative estimate of drug-likeness (QED) is 0.878. The van der Waals surface area contributed by atoms with E-state index in [2.05, 4.69) is 48.3 Å². The average molecular weight is 384 g/mol. The van der Waals surface area contributed by atoms with Crippen LogP contribution in [0.15, 0.2) is 27.1 Å². The summed E-state index contributed by atoms with van der Waals surface area (Å²) in [5, 5.41) is 16.7. The lowest BCUT2D eigenvalue weighted by Gasteiger charge is -2.09. The lowest BCUT2D eigenvalue weighted by Crippen LogP contribution is -2.07. The third kappa shape index (κ3) is 2.99. The number of rotatable bonds is 3. The highest BCUT2D eigenvalue weighted by atomic mass is 79.9. The van der Waals surface area contributed by atoms with Gasteiger partial charge in [-0.05, 0) is 41.1 Å². The molecule has 2 aromatic rings. The number of anilines is 1. The maximum atomic E-state index is 9.09. The van der Waals surface area contributed by atoms with Gasteiger partial charge in [0.2, 0.25) is 0 Å². The van der Waals surface area contributed by atoms with Crippen molar-refractivity contribution < 1.29 is 0 Å². The van der Waals surface area contributed by atoms with Gasteiger partial charge in [-0.3, -0.25) is 4.68 Å². The maximum absolute atomic E-state index is 9.09. The predicted molar refractivity (Wildman–Crippen MR) is 81.8 cm³/mol. The molecule has 19 heavy (non-hydrogen) atoms. The van der Waals surface area contributed by atoms with Crippen molar-refractivity contribution in [3.05, 3.63) is 44.1 Å². The molecule has 0 atom stereocenters. The number of halogens is 2. The Morgan fingerprint density at radius 3 is 2.74 bits per heavy atom. The van der Waals surface area contributed by atoms with Gasteiger partial charge in [-0.1, -0.05) is 15.9 Å². The smallest absolute Gasteiger partial charge is 0.101 e. The molecule has 4 nitrogen and oxygen atoms in total. The maximum Gasteiger partial charge on any atom is 0.101 e. The zero-order valence-corrected chi connectivity index (χ0v) is 13.7. The first-order chi connectivity index (χ1) is 9.02. The van der Waals surface area contributed by atoms with Gasteiger partial charge in [-0.25, -0.2) is 0 Å². The summed E-state index contributed by atoms with van der Waals surface area (Å²) in [4.78, 5) is 0. The van der Waals surface area contributed by atoms with Crippen LogP contribution in [0.3, 0.4) is 0 Å². The molecule has 0 radical (unpaired) electrons. The largest absolute Gasteiger partial charge is 0.378 e. The van der Waals surface area contributed by atoms with Crippen molar-refractivity contribution in [3.63, 3.8) is 0 Å². The summed E-state index contributed by atoms with van der Waals surface area (Å²) in [7, 11) is 1.90. The van der Waals surface area contributed by atoms with Crippen molar-refractivity contribution in [1.29, 1.82) is 5.26 Å². The van der Waals surface area contributed by atoms with Gasteiger partial charge in [-0.2, -0.15) is 10.4 Å². The molecule has 0 aliphatic carbocycles. The zero-order valence-electron chi connectivity index (χ0n) is 10.5. The minimum atomic E-state index is 0.600. The van der Waals surface area contributed by atoms with E-state index in [0.29, 0.717) is 12.1 Å². The molecule has 0 fully saturated rings. The van der Waals surface area contributed by atoms with Gasteiger partial charge in [0.15, 0.2) is 0 Å². The highest BCUT2D eigenvalue weighted by Crippen LogP contribution is 2.24. The summed E-state index contributed by atoms with van der Waals surface area (Å²) < 4.78 is 3.77. The second-order valence-electron chi connectivity index (χ2n) is 4.12. The molecule has 1 aromatic heterocycles. The van der Waals surface area contributed by atoms with E-state index in [-0.39, 0.29) is 0 Å². The molecule has 98 valence electrons. The van der Waals surface area contributed by atoms with Gasteiger partial charge >= 0.3 is 0 Å². The number of hydrogen-bond donors (Lipinski definition) is 1. The lowest BCUT2D eigenvalue weighted by atomic mass is 10.2. The number of nitrogens with one attached hydrogen (secondary N) is 1. The Labute approximate surface area is 128 Å². The summed E-state index contributed by atoms with van der Waals surface area (Å²) in [5.74, 6) is 0. The summed E-state index contributed by atoms with van der Waals surface area (Å²) >= 11 is 6.94. The zero-order chi connectivity index (χ0) is 14.0. The molecule has 6 heteroatoms. The summed E-state index contributed by atoms with van der Waals surface area (Å²) in [5.41, 5.74) is 3.43. The molecule has 0 aliphatic rings. The van der Waals surface area contributed by atoms with Gasteiger partial charge < -0.3 is 5.32 Å². The van der Waals surface area contributed by atoms with E-state index in [1.165, 1.54) is 0 Å². The number of aromatic nitrogens is 2. The Morgan fingerprint density at radius 2 is 2.16 bits per heavy atom. The standard InChI is InChI=1S/C13H12Br2N4/c1-8-13(15)12(19(2)18-8)7-17-11-5-10(14)4-3-9(11)6-16/h3-5,17H,7H2,1-2H3. The second kappa shape index (κ2) is 5.76. The van der Waals surface area contributed by atoms with Crippen LogP contribution < -0.4 is 5.32 Å². The van der Waals surface area contributed by atoms with Crippen LogP contribution in [0.2, 0.25) is 0 Å². The fourth-order valence-electron chi connectivity index (χ4n) is 1.81. The number of hydrogen-bond acceptors (Lipinski definition) is 3. The third-order valence-corrected chi connectivity index (χ3v) is 4.33. The number of nitriles is 1. The molecule has 1 N–H and O–H groups in total. The molecular formula is C13H12Br2N4. The van der Waals surface area contributed by atoms with Crippen molar-refractivity contribution in [3.8, 4) is 6.07 Å². The summed E-state index contributed by atoms with van der Waals surface area (Å²) in [6.45, 7) is 2.55. The van der Waals surface area contributed by atoms with Crippen LogP contribution >= 0.6 is 31.9 Å². The molecule has 1 heterocycles. The Balaban J connectivity index is 2.24. The molecule has 1 aromatic carbocycles. The number of aryl methyl sites for hydroxylation is 2. The molecule has 0 amide bonds. The van der Waals surface area contributed by atoms with Crippen LogP contribution in [-0.2, 0) is 13.6 Å². The van der Waals surface area contributed by atoms with E-state index >= 15 is 0 Å². The van der Waals surface area contributed by atoms with Crippen LogP contribution in [-0.4, -0.2) is 9.78 Å². The Bertz CT molecular complexity index is 655. The van der Waals surface area contributed by atoms with Gasteiger partial charge in [0.25, 0.3) is 0 Å². The molecular weight excluding hydrogens is 372 g/mol. The lowest BCUT2D eigenvalue weighted by molar-refractivity contribution is 0.712. The van der Waals surface area contributed by atoms with Crippen LogP contribution in [0.5, 0.6) is 0 Å². The van der Waals surface area contributed by atoms with E-state index in [4.69, 9.17) is 5.26 Å². The predicted octanol–water partition coefficient (Wildman–Crippen LogP) is 3.74. The first-order valence-corrected chi connectivity index (χ1v) is 7.23. The number of nitrogens with zero attached hydrogens (tertiary/aromatic N) is 3. The van der Waals surface area contributed by atoms with Crippen LogP contribution in [0.1, 0.15) is 17.0 Å². The highest BCUT2D eigenvalue weighted by molar-refractivity contribution is 9.10. The van der Waals surface area contributed by atoms with Gasteiger partial charge in [0.05, 0.1) is 33.7 Å². The summed E-state index contributed by atoms with van der Waals surface area (Å²) in [6.07, 6.45) is 0. The molecule has 0 bridgehead atoms. The fraction of sp³-hybridized carbons (Fsp3) is 0.231. The first kappa shape index (κ1) is 14.1. The molecule has 0 unspecified atom stereocenters. The molecule has 0 spiro atoms. The first-order valence-electron chi connectivity index (χ1n) is 5.64. The van der Waals surface area contributed by atoms with E-state index in [9.17, 15) is 0 Å². The minimum Gasteiger partial charge on any atom is -0.378 e. The second-order valence-corrected chi connectivity index (χ2v) is 5.83. The fourth-order valence-corrected chi connectivity index (χ4v) is 2.65. The Hall–Kier alpha value is -1.32. The van der Waals surface area contributed by atoms with Crippen molar-refractivity contribution in [1.82, 2.24) is 9.78 Å². The van der Waals surface area contributed by atoms with Crippen LogP contribution in [0.25, 0.3) is 0 Å². The van der Waals surface area contributed by atoms with Crippen molar-refractivity contribution in [2.45, 2.75) is 13.5 Å². The number of benzene rings is 1. The molecule has 0 aliphatic heterocycles. The highest BCUT2D eigenvalue weighted by Gasteiger charge is 2.11. The van der Waals surface area contributed by atoms with Crippen molar-refractivity contribution in [2.75, 3.05) is 5.32 Å². The van der Waals surface area contributed by atoms with Crippen LogP contribution in [0, 0.1) is 18.3 Å². The summed E-state index contributed by atoms with van der Waals surface area (Å²) in [6, 6.07) is 7.72. The van der Waals surface area contributed by atoms with E-state index in [1.54, 1.807) is 6.07 Å². The topological polar surface area (TPSA) is 53.6 Å². The van der Waals surface area contributed by atoms with E-state index in [0.717, 1.165) is 26.0 Å². The van der Waals surface area contributed by atoms with Gasteiger partial charge in [0, 0.05) is 11.5 Å². The minimum absolute atomic E-state index is 0.600. The van der Waals surface area contributed by atoms with Crippen molar-refractivity contribution >= 4 is 37.5 Å². The molecule has 0 saturated carbocycles. The molecule has 2 rings (SSSR count). The SMILES string of the molecule is Cc1nn(C)c(CNc2cc(Br)ccc2C#N)c1Br. The van der Waals surface area contributed by atoms with Gasteiger partial charge in [0.1, 0.15) is 6.07 Å². The van der Waals surface area contributed by atoms with Crippen molar-refractivity contribution in [2.24, 2.45) is 7.05 Å². The third-order valence-electron chi connectivity index (χ3n) is 2.81. The monoisotopic (exact) mass is 382 g/mol. The van der Waals surface area contributed by atoms with E-state index < -0.39 is 0 Å². The Morgan fingerprint density at radius 1 is 1.42 bits per heavy atom. The Kier molecular flexibility index (Phi) is 4.27. The van der Waals surface area contributed by atoms with Gasteiger partial charge in [-0.15, -0.1) is 0 Å². The normalized spacial score (nSPS) is 10.3. The average Bonchev–Trinajstić information content (AvgIpc) is 2.61. The van der Waals surface area contributed by atoms with Crippen LogP contribution in [0.4, 0.5) is 5.69 Å².